The number of nitrogens with zero attached hydrogens (tertiary/aromatic N) is 2. The molecule has 0 atom stereocenters. The molecule has 2 aromatic carbocycles. The summed E-state index contributed by atoms with van der Waals surface area (Å²) < 4.78 is 6.17. The van der Waals surface area contributed by atoms with Gasteiger partial charge in [0.1, 0.15) is 17.4 Å². The van der Waals surface area contributed by atoms with Crippen molar-refractivity contribution in [1.29, 1.82) is 5.26 Å². The van der Waals surface area contributed by atoms with Crippen LogP contribution in [0.15, 0.2) is 52.5 Å². The van der Waals surface area contributed by atoms with Crippen LogP contribution < -0.4 is 10.1 Å². The Balaban J connectivity index is 2.26. The summed E-state index contributed by atoms with van der Waals surface area (Å²) in [6, 6.07) is 12.5. The maximum atomic E-state index is 12.3. The van der Waals surface area contributed by atoms with E-state index in [2.05, 4.69) is 21.2 Å². The number of carbonyl (C=O) groups excluding carboxylic acids is 1. The van der Waals surface area contributed by atoms with Crippen molar-refractivity contribution in [3.8, 4) is 11.8 Å². The number of ether oxygens (including phenoxy) is 1. The third-order valence-electron chi connectivity index (χ3n) is 3.20. The number of nitrogens with one attached hydrogen (secondary N) is 1. The third kappa shape index (κ3) is 5.16. The SMILES string of the molecule is CCOc1cc(Br)cc(/C=C(\C#N)C(=O)Nc2cccc([N+](=O)[O-])c2)c1. The fourth-order valence-electron chi connectivity index (χ4n) is 2.13. The Hall–Kier alpha value is -3.18. The molecular weight excluding hydrogens is 402 g/mol. The van der Waals surface area contributed by atoms with Crippen molar-refractivity contribution < 1.29 is 14.5 Å². The van der Waals surface area contributed by atoms with Crippen LogP contribution in [0.4, 0.5) is 11.4 Å². The van der Waals surface area contributed by atoms with E-state index in [9.17, 15) is 20.2 Å². The summed E-state index contributed by atoms with van der Waals surface area (Å²) >= 11 is 3.35. The van der Waals surface area contributed by atoms with Gasteiger partial charge < -0.3 is 10.1 Å². The maximum Gasteiger partial charge on any atom is 0.271 e. The number of non-ortho nitro benzene ring substituents is 1. The molecule has 0 aliphatic rings. The first-order chi connectivity index (χ1) is 12.4. The van der Waals surface area contributed by atoms with E-state index in [1.807, 2.05) is 13.0 Å². The molecule has 0 bridgehead atoms. The number of nitro benzene ring substituents is 1. The van der Waals surface area contributed by atoms with Crippen molar-refractivity contribution in [3.63, 3.8) is 0 Å². The average molecular weight is 416 g/mol. The minimum absolute atomic E-state index is 0.142. The Kier molecular flexibility index (Phi) is 6.47. The Morgan fingerprint density at radius 2 is 2.15 bits per heavy atom. The van der Waals surface area contributed by atoms with E-state index < -0.39 is 10.8 Å². The summed E-state index contributed by atoms with van der Waals surface area (Å²) in [6.45, 7) is 2.33. The molecule has 0 fully saturated rings. The van der Waals surface area contributed by atoms with Crippen molar-refractivity contribution in [1.82, 2.24) is 0 Å². The van der Waals surface area contributed by atoms with Crippen LogP contribution in [0.2, 0.25) is 0 Å². The second kappa shape index (κ2) is 8.78. The maximum absolute atomic E-state index is 12.3. The largest absolute Gasteiger partial charge is 0.494 e. The van der Waals surface area contributed by atoms with E-state index >= 15 is 0 Å². The summed E-state index contributed by atoms with van der Waals surface area (Å²) in [5.74, 6) is -0.0598. The molecule has 0 aromatic heterocycles. The Morgan fingerprint density at radius 1 is 1.38 bits per heavy atom. The van der Waals surface area contributed by atoms with Gasteiger partial charge in [0.25, 0.3) is 11.6 Å². The Morgan fingerprint density at radius 3 is 2.81 bits per heavy atom. The van der Waals surface area contributed by atoms with Crippen LogP contribution in [0.3, 0.4) is 0 Å². The van der Waals surface area contributed by atoms with Gasteiger partial charge in [-0.25, -0.2) is 0 Å². The van der Waals surface area contributed by atoms with E-state index in [1.54, 1.807) is 18.2 Å². The third-order valence-corrected chi connectivity index (χ3v) is 3.65. The Bertz CT molecular complexity index is 919. The topological polar surface area (TPSA) is 105 Å². The highest BCUT2D eigenvalue weighted by atomic mass is 79.9. The smallest absolute Gasteiger partial charge is 0.271 e. The molecule has 0 spiro atoms. The molecule has 0 unspecified atom stereocenters. The van der Waals surface area contributed by atoms with Gasteiger partial charge in [-0.3, -0.25) is 14.9 Å². The number of amides is 1. The van der Waals surface area contributed by atoms with Gasteiger partial charge >= 0.3 is 0 Å². The van der Waals surface area contributed by atoms with E-state index in [0.29, 0.717) is 17.9 Å². The molecule has 132 valence electrons. The minimum atomic E-state index is -0.661. The van der Waals surface area contributed by atoms with Crippen LogP contribution in [0, 0.1) is 21.4 Å². The lowest BCUT2D eigenvalue weighted by Crippen LogP contribution is -2.13. The van der Waals surface area contributed by atoms with Gasteiger partial charge in [-0.1, -0.05) is 22.0 Å². The molecule has 0 radical (unpaired) electrons. The van der Waals surface area contributed by atoms with Crippen LogP contribution in [0.5, 0.6) is 5.75 Å². The van der Waals surface area contributed by atoms with Crippen LogP contribution in [-0.4, -0.2) is 17.4 Å². The number of anilines is 1. The summed E-state index contributed by atoms with van der Waals surface area (Å²) in [5.41, 5.74) is 0.541. The molecule has 0 heterocycles. The van der Waals surface area contributed by atoms with Crippen LogP contribution in [0.25, 0.3) is 6.08 Å². The molecule has 2 aromatic rings. The molecule has 0 saturated heterocycles. The average Bonchev–Trinajstić information content (AvgIpc) is 2.59. The molecular formula is C18H14BrN3O4. The molecule has 0 aliphatic carbocycles. The van der Waals surface area contributed by atoms with Crippen LogP contribution in [-0.2, 0) is 4.79 Å². The molecule has 0 aliphatic heterocycles. The summed E-state index contributed by atoms with van der Waals surface area (Å²) in [5, 5.41) is 22.6. The summed E-state index contributed by atoms with van der Waals surface area (Å²) in [6.07, 6.45) is 1.42. The number of nitriles is 1. The van der Waals surface area contributed by atoms with Gasteiger partial charge in [0.05, 0.1) is 11.5 Å². The zero-order valence-electron chi connectivity index (χ0n) is 13.7. The summed E-state index contributed by atoms with van der Waals surface area (Å²) in [4.78, 5) is 22.5. The minimum Gasteiger partial charge on any atom is -0.494 e. The monoisotopic (exact) mass is 415 g/mol. The first-order valence-electron chi connectivity index (χ1n) is 7.54. The number of nitro groups is 1. The number of benzene rings is 2. The molecule has 1 N–H and O–H groups in total. The standard InChI is InChI=1S/C18H14BrN3O4/c1-2-26-17-8-12(7-14(19)9-17)6-13(11-20)18(23)21-15-4-3-5-16(10-15)22(24)25/h3-10H,2H2,1H3,(H,21,23)/b13-6+. The Labute approximate surface area is 158 Å². The molecule has 0 saturated carbocycles. The lowest BCUT2D eigenvalue weighted by Gasteiger charge is -2.06. The molecule has 2 rings (SSSR count). The fraction of sp³-hybridized carbons (Fsp3) is 0.111. The van der Waals surface area contributed by atoms with Gasteiger partial charge in [-0.2, -0.15) is 5.26 Å². The van der Waals surface area contributed by atoms with E-state index in [1.165, 1.54) is 30.3 Å². The zero-order chi connectivity index (χ0) is 19.1. The van der Waals surface area contributed by atoms with Gasteiger partial charge in [-0.05, 0) is 42.8 Å². The second-order valence-electron chi connectivity index (χ2n) is 5.08. The number of hydrogen-bond donors (Lipinski definition) is 1. The first-order valence-corrected chi connectivity index (χ1v) is 8.33. The lowest BCUT2D eigenvalue weighted by atomic mass is 10.1. The van der Waals surface area contributed by atoms with Gasteiger partial charge in [0, 0.05) is 22.3 Å². The predicted octanol–water partition coefficient (Wildman–Crippen LogP) is 4.30. The van der Waals surface area contributed by atoms with E-state index in [4.69, 9.17) is 4.74 Å². The molecule has 8 heteroatoms. The van der Waals surface area contributed by atoms with Crippen LogP contribution >= 0.6 is 15.9 Å². The first kappa shape index (κ1) is 19.1. The summed E-state index contributed by atoms with van der Waals surface area (Å²) in [7, 11) is 0. The van der Waals surface area contributed by atoms with Crippen molar-refractivity contribution in [2.45, 2.75) is 6.92 Å². The van der Waals surface area contributed by atoms with Gasteiger partial charge in [0.15, 0.2) is 0 Å². The predicted molar refractivity (Wildman–Crippen MR) is 101 cm³/mol. The quantitative estimate of drug-likeness (QED) is 0.327. The molecule has 1 amide bonds. The van der Waals surface area contributed by atoms with E-state index in [-0.39, 0.29) is 16.9 Å². The number of rotatable bonds is 6. The zero-order valence-corrected chi connectivity index (χ0v) is 15.3. The number of halogens is 1. The number of hydrogen-bond acceptors (Lipinski definition) is 5. The second-order valence-corrected chi connectivity index (χ2v) is 6.00. The highest BCUT2D eigenvalue weighted by Gasteiger charge is 2.12. The van der Waals surface area contributed by atoms with Crippen molar-refractivity contribution in [2.24, 2.45) is 0 Å². The van der Waals surface area contributed by atoms with Crippen LogP contribution in [0.1, 0.15) is 12.5 Å². The fourth-order valence-corrected chi connectivity index (χ4v) is 2.62. The highest BCUT2D eigenvalue weighted by Crippen LogP contribution is 2.24. The normalized spacial score (nSPS) is 10.7. The van der Waals surface area contributed by atoms with Gasteiger partial charge in [-0.15, -0.1) is 0 Å². The van der Waals surface area contributed by atoms with Crippen molar-refractivity contribution in [2.75, 3.05) is 11.9 Å². The highest BCUT2D eigenvalue weighted by molar-refractivity contribution is 9.10. The van der Waals surface area contributed by atoms with Crippen molar-refractivity contribution >= 4 is 39.3 Å². The van der Waals surface area contributed by atoms with Gasteiger partial charge in [0.2, 0.25) is 0 Å². The number of carbonyl (C=O) groups is 1. The lowest BCUT2D eigenvalue weighted by molar-refractivity contribution is -0.384. The molecule has 7 nitrogen and oxygen atoms in total. The van der Waals surface area contributed by atoms with E-state index in [0.717, 1.165) is 4.47 Å². The van der Waals surface area contributed by atoms with Crippen molar-refractivity contribution in [3.05, 3.63) is 68.2 Å². The molecule has 26 heavy (non-hydrogen) atoms.